The molecule has 132 valence electrons. The van der Waals surface area contributed by atoms with Crippen LogP contribution in [0.25, 0.3) is 11.1 Å². The first-order valence-electron chi connectivity index (χ1n) is 8.43. The summed E-state index contributed by atoms with van der Waals surface area (Å²) >= 11 is 15.9. The highest BCUT2D eigenvalue weighted by molar-refractivity contribution is 9.12. The van der Waals surface area contributed by atoms with Crippen molar-refractivity contribution in [3.05, 3.63) is 95.1 Å². The summed E-state index contributed by atoms with van der Waals surface area (Å²) < 4.78 is 0. The van der Waals surface area contributed by atoms with E-state index in [2.05, 4.69) is 137 Å². The highest BCUT2D eigenvalue weighted by atomic mass is 79.9. The van der Waals surface area contributed by atoms with E-state index in [1.807, 2.05) is 0 Å². The van der Waals surface area contributed by atoms with Gasteiger partial charge in [-0.2, -0.15) is 0 Å². The summed E-state index contributed by atoms with van der Waals surface area (Å²) in [5.41, 5.74) is 7.74. The maximum atomic E-state index is 3.98. The van der Waals surface area contributed by atoms with Gasteiger partial charge in [0.25, 0.3) is 0 Å². The van der Waals surface area contributed by atoms with E-state index >= 15 is 0 Å². The second-order valence-corrected chi connectivity index (χ2v) is 10.4. The van der Waals surface area contributed by atoms with Crippen molar-refractivity contribution in [1.82, 2.24) is 0 Å². The second kappa shape index (κ2) is 7.90. The van der Waals surface area contributed by atoms with Gasteiger partial charge in [0.2, 0.25) is 0 Å². The van der Waals surface area contributed by atoms with E-state index in [1.165, 1.54) is 33.4 Å². The van der Waals surface area contributed by atoms with Crippen molar-refractivity contribution < 1.29 is 0 Å². The average Bonchev–Trinajstić information content (AvgIpc) is 2.71. The largest absolute Gasteiger partial charge is 0.0823 e. The minimum absolute atomic E-state index is 0.166. The van der Waals surface area contributed by atoms with Crippen molar-refractivity contribution in [2.24, 2.45) is 0 Å². The van der Waals surface area contributed by atoms with Crippen molar-refractivity contribution >= 4 is 63.7 Å². The van der Waals surface area contributed by atoms with E-state index in [9.17, 15) is 0 Å². The molecule has 1 aliphatic rings. The van der Waals surface area contributed by atoms with E-state index in [-0.39, 0.29) is 19.3 Å². The smallest absolute Gasteiger partial charge is 0.0567 e. The van der Waals surface area contributed by atoms with E-state index in [4.69, 9.17) is 0 Å². The Morgan fingerprint density at radius 2 is 0.654 bits per heavy atom. The third-order valence-corrected chi connectivity index (χ3v) is 10.4. The molecule has 0 aliphatic heterocycles. The zero-order valence-electron chi connectivity index (χ0n) is 13.7. The molecule has 4 atom stereocenters. The molecule has 4 heteroatoms. The van der Waals surface area contributed by atoms with Gasteiger partial charge in [-0.3, -0.25) is 0 Å². The predicted molar refractivity (Wildman–Crippen MR) is 125 cm³/mol. The first-order chi connectivity index (χ1) is 12.6. The van der Waals surface area contributed by atoms with Crippen LogP contribution in [0, 0.1) is 0 Å². The van der Waals surface area contributed by atoms with Crippen LogP contribution in [0.5, 0.6) is 0 Å². The Morgan fingerprint density at radius 1 is 0.385 bits per heavy atom. The van der Waals surface area contributed by atoms with Crippen LogP contribution in [0.2, 0.25) is 0 Å². The molecular formula is C22H16Br4. The molecule has 4 unspecified atom stereocenters. The summed E-state index contributed by atoms with van der Waals surface area (Å²) in [7, 11) is 0. The molecular weight excluding hydrogens is 584 g/mol. The Morgan fingerprint density at radius 3 is 1.04 bits per heavy atom. The average molecular weight is 600 g/mol. The van der Waals surface area contributed by atoms with Crippen LogP contribution < -0.4 is 0 Å². The number of halogens is 4. The molecule has 0 saturated heterocycles. The lowest BCUT2D eigenvalue weighted by Crippen LogP contribution is -2.11. The van der Waals surface area contributed by atoms with E-state index in [0.29, 0.717) is 0 Å². The highest BCUT2D eigenvalue weighted by Crippen LogP contribution is 2.53. The first kappa shape index (κ1) is 18.9. The number of alkyl halides is 4. The summed E-state index contributed by atoms with van der Waals surface area (Å²) in [5.74, 6) is 0. The quantitative estimate of drug-likeness (QED) is 0.227. The van der Waals surface area contributed by atoms with Crippen molar-refractivity contribution in [3.8, 4) is 11.1 Å². The van der Waals surface area contributed by atoms with Crippen LogP contribution in [-0.4, -0.2) is 0 Å². The molecule has 4 rings (SSSR count). The molecule has 1 aliphatic carbocycles. The fourth-order valence-corrected chi connectivity index (χ4v) is 6.38. The zero-order valence-corrected chi connectivity index (χ0v) is 20.1. The maximum absolute atomic E-state index is 3.98. The van der Waals surface area contributed by atoms with Gasteiger partial charge in [-0.15, -0.1) is 0 Å². The molecule has 0 bridgehead atoms. The molecule has 0 saturated carbocycles. The Labute approximate surface area is 187 Å². The normalized spacial score (nSPS) is 24.9. The summed E-state index contributed by atoms with van der Waals surface area (Å²) in [6, 6.07) is 26.0. The van der Waals surface area contributed by atoms with Crippen LogP contribution in [0.1, 0.15) is 41.6 Å². The van der Waals surface area contributed by atoms with E-state index < -0.39 is 0 Å². The van der Waals surface area contributed by atoms with Crippen molar-refractivity contribution in [3.63, 3.8) is 0 Å². The number of hydrogen-bond donors (Lipinski definition) is 0. The molecule has 0 heterocycles. The molecule has 0 aromatic heterocycles. The molecule has 0 radical (unpaired) electrons. The fraction of sp³-hybridized carbons (Fsp3) is 0.182. The van der Waals surface area contributed by atoms with E-state index in [1.54, 1.807) is 0 Å². The van der Waals surface area contributed by atoms with Gasteiger partial charge in [-0.1, -0.05) is 137 Å². The molecule has 0 nitrogen and oxygen atoms in total. The van der Waals surface area contributed by atoms with Gasteiger partial charge in [-0.05, 0) is 33.4 Å². The zero-order chi connectivity index (χ0) is 18.3. The second-order valence-electron chi connectivity index (χ2n) is 6.41. The minimum Gasteiger partial charge on any atom is -0.0823 e. The number of benzene rings is 3. The minimum atomic E-state index is 0.166. The first-order valence-corrected chi connectivity index (χ1v) is 12.1. The van der Waals surface area contributed by atoms with Crippen LogP contribution in [-0.2, 0) is 0 Å². The SMILES string of the molecule is BrC1c2ccccc2-c2ccccc2C(Br)C(Br)c2ccccc2C1Br. The third-order valence-electron chi connectivity index (χ3n) is 4.91. The molecule has 0 fully saturated rings. The van der Waals surface area contributed by atoms with Crippen molar-refractivity contribution in [1.29, 1.82) is 0 Å². The lowest BCUT2D eigenvalue weighted by molar-refractivity contribution is 0.867. The van der Waals surface area contributed by atoms with Crippen molar-refractivity contribution in [2.75, 3.05) is 0 Å². The lowest BCUT2D eigenvalue weighted by Gasteiger charge is -2.29. The Balaban J connectivity index is 2.04. The third kappa shape index (κ3) is 3.28. The Bertz CT molecular complexity index is 860. The summed E-state index contributed by atoms with van der Waals surface area (Å²) in [6.45, 7) is 0. The summed E-state index contributed by atoms with van der Waals surface area (Å²) in [4.78, 5) is 0.675. The number of rotatable bonds is 0. The van der Waals surface area contributed by atoms with Gasteiger partial charge >= 0.3 is 0 Å². The van der Waals surface area contributed by atoms with Gasteiger partial charge < -0.3 is 0 Å². The molecule has 0 amide bonds. The van der Waals surface area contributed by atoms with Crippen LogP contribution in [0.4, 0.5) is 0 Å². The molecule has 26 heavy (non-hydrogen) atoms. The van der Waals surface area contributed by atoms with Crippen LogP contribution in [0.15, 0.2) is 72.8 Å². The fourth-order valence-electron chi connectivity index (χ4n) is 3.61. The van der Waals surface area contributed by atoms with Gasteiger partial charge in [0.1, 0.15) is 0 Å². The number of hydrogen-bond acceptors (Lipinski definition) is 0. The van der Waals surface area contributed by atoms with Gasteiger partial charge in [-0.25, -0.2) is 0 Å². The topological polar surface area (TPSA) is 0 Å². The van der Waals surface area contributed by atoms with Crippen molar-refractivity contribution in [2.45, 2.75) is 19.3 Å². The molecule has 0 N–H and O–H groups in total. The lowest BCUT2D eigenvalue weighted by atomic mass is 9.87. The Kier molecular flexibility index (Phi) is 5.75. The summed E-state index contributed by atoms with van der Waals surface area (Å²) in [6.07, 6.45) is 0. The summed E-state index contributed by atoms with van der Waals surface area (Å²) in [5, 5.41) is 0. The van der Waals surface area contributed by atoms with E-state index in [0.717, 1.165) is 0 Å². The monoisotopic (exact) mass is 596 g/mol. The Hall–Kier alpha value is -0.420. The number of fused-ring (bicyclic) bond motifs is 4. The maximum Gasteiger partial charge on any atom is 0.0567 e. The molecule has 0 spiro atoms. The molecule has 3 aromatic rings. The van der Waals surface area contributed by atoms with Crippen LogP contribution in [0.3, 0.4) is 0 Å². The van der Waals surface area contributed by atoms with Gasteiger partial charge in [0, 0.05) is 0 Å². The highest BCUT2D eigenvalue weighted by Gasteiger charge is 2.31. The predicted octanol–water partition coefficient (Wildman–Crippen LogP) is 8.81. The van der Waals surface area contributed by atoms with Gasteiger partial charge in [0.15, 0.2) is 0 Å². The van der Waals surface area contributed by atoms with Gasteiger partial charge in [0.05, 0.1) is 19.3 Å². The standard InChI is InChI=1S/C22H16Br4/c23-19-15-9-3-1-7-13(15)14-8-2-4-10-16(14)20(24)22(26)18-12-6-5-11-17(18)21(19)25/h1-12,19-22H. The molecule has 3 aromatic carbocycles. The van der Waals surface area contributed by atoms with Crippen LogP contribution >= 0.6 is 63.7 Å².